The van der Waals surface area contributed by atoms with E-state index in [1.165, 1.54) is 18.4 Å². The lowest BCUT2D eigenvalue weighted by molar-refractivity contribution is 0.480. The third-order valence-corrected chi connectivity index (χ3v) is 2.76. The Morgan fingerprint density at radius 3 is 2.38 bits per heavy atom. The number of halogens is 1. The minimum absolute atomic E-state index is 0.159. The topological polar surface area (TPSA) is 12.0 Å². The molecule has 0 fully saturated rings. The number of nitrogens with one attached hydrogen (secondary N) is 1. The van der Waals surface area contributed by atoms with E-state index in [1.807, 2.05) is 12.1 Å². The van der Waals surface area contributed by atoms with Crippen LogP contribution in [0.4, 0.5) is 4.39 Å². The van der Waals surface area contributed by atoms with Crippen LogP contribution >= 0.6 is 0 Å². The molecule has 0 aliphatic carbocycles. The SMILES string of the molecule is CCCC[C@H](NCCC)c1ccc(F)cc1. The quantitative estimate of drug-likeness (QED) is 0.735. The normalized spacial score (nSPS) is 12.7. The molecule has 0 amide bonds. The minimum Gasteiger partial charge on any atom is -0.310 e. The third kappa shape index (κ3) is 4.31. The Kier molecular flexibility index (Phi) is 6.09. The van der Waals surface area contributed by atoms with Crippen molar-refractivity contribution in [3.63, 3.8) is 0 Å². The highest BCUT2D eigenvalue weighted by molar-refractivity contribution is 5.19. The van der Waals surface area contributed by atoms with Gasteiger partial charge in [0, 0.05) is 6.04 Å². The second-order valence-corrected chi connectivity index (χ2v) is 4.20. The molecule has 0 aliphatic rings. The summed E-state index contributed by atoms with van der Waals surface area (Å²) in [7, 11) is 0. The van der Waals surface area contributed by atoms with Gasteiger partial charge in [-0.3, -0.25) is 0 Å². The highest BCUT2D eigenvalue weighted by atomic mass is 19.1. The van der Waals surface area contributed by atoms with Gasteiger partial charge in [0.1, 0.15) is 5.82 Å². The van der Waals surface area contributed by atoms with Gasteiger partial charge in [-0.15, -0.1) is 0 Å². The average molecular weight is 223 g/mol. The lowest BCUT2D eigenvalue weighted by atomic mass is 10.0. The molecule has 1 aromatic rings. The highest BCUT2D eigenvalue weighted by Crippen LogP contribution is 2.19. The van der Waals surface area contributed by atoms with Crippen molar-refractivity contribution in [1.82, 2.24) is 5.32 Å². The molecule has 0 aliphatic heterocycles. The summed E-state index contributed by atoms with van der Waals surface area (Å²) >= 11 is 0. The van der Waals surface area contributed by atoms with Crippen LogP contribution in [0, 0.1) is 5.82 Å². The van der Waals surface area contributed by atoms with E-state index in [0.717, 1.165) is 19.4 Å². The lowest BCUT2D eigenvalue weighted by Crippen LogP contribution is -2.22. The molecule has 0 radical (unpaired) electrons. The molecule has 1 aromatic carbocycles. The Morgan fingerprint density at radius 2 is 1.81 bits per heavy atom. The van der Waals surface area contributed by atoms with Gasteiger partial charge in [-0.05, 0) is 37.1 Å². The molecule has 2 heteroatoms. The molecule has 1 atom stereocenters. The molecule has 0 heterocycles. The average Bonchev–Trinajstić information content (AvgIpc) is 2.31. The van der Waals surface area contributed by atoms with Crippen LogP contribution in [0.2, 0.25) is 0 Å². The summed E-state index contributed by atoms with van der Waals surface area (Å²) in [6.45, 7) is 5.38. The van der Waals surface area contributed by atoms with Crippen LogP contribution in [0.1, 0.15) is 51.1 Å². The van der Waals surface area contributed by atoms with Crippen LogP contribution in [-0.4, -0.2) is 6.54 Å². The van der Waals surface area contributed by atoms with Crippen LogP contribution in [0.3, 0.4) is 0 Å². The summed E-state index contributed by atoms with van der Waals surface area (Å²) in [5.41, 5.74) is 1.20. The van der Waals surface area contributed by atoms with E-state index in [9.17, 15) is 4.39 Å². The Morgan fingerprint density at radius 1 is 1.12 bits per heavy atom. The largest absolute Gasteiger partial charge is 0.310 e. The molecule has 0 saturated carbocycles. The number of hydrogen-bond donors (Lipinski definition) is 1. The predicted octanol–water partition coefficient (Wildman–Crippen LogP) is 4.06. The number of unbranched alkanes of at least 4 members (excludes halogenated alkanes) is 1. The second-order valence-electron chi connectivity index (χ2n) is 4.20. The van der Waals surface area contributed by atoms with Crippen LogP contribution in [0.5, 0.6) is 0 Å². The van der Waals surface area contributed by atoms with Gasteiger partial charge >= 0.3 is 0 Å². The molecule has 0 unspecified atom stereocenters. The minimum atomic E-state index is -0.159. The maximum Gasteiger partial charge on any atom is 0.123 e. The van der Waals surface area contributed by atoms with Crippen molar-refractivity contribution in [2.75, 3.05) is 6.54 Å². The molecule has 0 aromatic heterocycles. The van der Waals surface area contributed by atoms with Gasteiger partial charge in [-0.2, -0.15) is 0 Å². The van der Waals surface area contributed by atoms with Gasteiger partial charge in [0.05, 0.1) is 0 Å². The molecule has 0 bridgehead atoms. The molecule has 1 nitrogen and oxygen atoms in total. The zero-order valence-corrected chi connectivity index (χ0v) is 10.3. The Bertz CT molecular complexity index is 273. The van der Waals surface area contributed by atoms with E-state index in [2.05, 4.69) is 19.2 Å². The van der Waals surface area contributed by atoms with Crippen molar-refractivity contribution in [3.05, 3.63) is 35.6 Å². The standard InChI is InChI=1S/C14H22FN/c1-3-5-6-14(16-11-4-2)12-7-9-13(15)10-8-12/h7-10,14,16H,3-6,11H2,1-2H3/t14-/m0/s1. The van der Waals surface area contributed by atoms with E-state index in [1.54, 1.807) is 12.1 Å². The summed E-state index contributed by atoms with van der Waals surface area (Å²) in [5, 5.41) is 3.52. The first kappa shape index (κ1) is 13.2. The highest BCUT2D eigenvalue weighted by Gasteiger charge is 2.09. The first-order valence-corrected chi connectivity index (χ1v) is 6.26. The van der Waals surface area contributed by atoms with Gasteiger partial charge in [-0.1, -0.05) is 38.8 Å². The van der Waals surface area contributed by atoms with Crippen molar-refractivity contribution in [3.8, 4) is 0 Å². The Hall–Kier alpha value is -0.890. The van der Waals surface area contributed by atoms with Crippen LogP contribution in [-0.2, 0) is 0 Å². The van der Waals surface area contributed by atoms with Crippen LogP contribution in [0.25, 0.3) is 0 Å². The molecule has 0 spiro atoms. The van der Waals surface area contributed by atoms with E-state index >= 15 is 0 Å². The van der Waals surface area contributed by atoms with Crippen LogP contribution < -0.4 is 5.32 Å². The molecular weight excluding hydrogens is 201 g/mol. The summed E-state index contributed by atoms with van der Waals surface area (Å²) in [4.78, 5) is 0. The third-order valence-electron chi connectivity index (χ3n) is 2.76. The first-order chi connectivity index (χ1) is 7.77. The van der Waals surface area contributed by atoms with Gasteiger partial charge in [0.25, 0.3) is 0 Å². The van der Waals surface area contributed by atoms with Gasteiger partial charge < -0.3 is 5.32 Å². The Labute approximate surface area is 98.1 Å². The maximum absolute atomic E-state index is 12.8. The molecule has 1 N–H and O–H groups in total. The monoisotopic (exact) mass is 223 g/mol. The van der Waals surface area contributed by atoms with E-state index in [-0.39, 0.29) is 5.82 Å². The van der Waals surface area contributed by atoms with Crippen LogP contribution in [0.15, 0.2) is 24.3 Å². The number of benzene rings is 1. The fourth-order valence-electron chi connectivity index (χ4n) is 1.81. The summed E-state index contributed by atoms with van der Waals surface area (Å²) in [6.07, 6.45) is 4.66. The van der Waals surface area contributed by atoms with E-state index < -0.39 is 0 Å². The molecule has 1 rings (SSSR count). The molecule has 0 saturated heterocycles. The number of rotatable bonds is 7. The van der Waals surface area contributed by atoms with Crippen molar-refractivity contribution < 1.29 is 4.39 Å². The van der Waals surface area contributed by atoms with E-state index in [4.69, 9.17) is 0 Å². The fraction of sp³-hybridized carbons (Fsp3) is 0.571. The van der Waals surface area contributed by atoms with E-state index in [0.29, 0.717) is 6.04 Å². The van der Waals surface area contributed by atoms with Gasteiger partial charge in [0.15, 0.2) is 0 Å². The Balaban J connectivity index is 2.62. The summed E-state index contributed by atoms with van der Waals surface area (Å²) in [6, 6.07) is 7.24. The van der Waals surface area contributed by atoms with Gasteiger partial charge in [-0.25, -0.2) is 4.39 Å². The molecule has 90 valence electrons. The fourth-order valence-corrected chi connectivity index (χ4v) is 1.81. The van der Waals surface area contributed by atoms with Crippen molar-refractivity contribution in [1.29, 1.82) is 0 Å². The zero-order valence-electron chi connectivity index (χ0n) is 10.3. The maximum atomic E-state index is 12.8. The van der Waals surface area contributed by atoms with Crippen molar-refractivity contribution in [2.45, 2.75) is 45.6 Å². The summed E-state index contributed by atoms with van der Waals surface area (Å²) in [5.74, 6) is -0.159. The summed E-state index contributed by atoms with van der Waals surface area (Å²) < 4.78 is 12.8. The van der Waals surface area contributed by atoms with Crippen molar-refractivity contribution in [2.24, 2.45) is 0 Å². The van der Waals surface area contributed by atoms with Gasteiger partial charge in [0.2, 0.25) is 0 Å². The molecule has 16 heavy (non-hydrogen) atoms. The number of hydrogen-bond acceptors (Lipinski definition) is 1. The predicted molar refractivity (Wildman–Crippen MR) is 67.0 cm³/mol. The second kappa shape index (κ2) is 7.39. The molecular formula is C14H22FN. The zero-order chi connectivity index (χ0) is 11.8. The first-order valence-electron chi connectivity index (χ1n) is 6.26. The smallest absolute Gasteiger partial charge is 0.123 e. The van der Waals surface area contributed by atoms with Crippen molar-refractivity contribution >= 4 is 0 Å². The lowest BCUT2D eigenvalue weighted by Gasteiger charge is -2.18.